The highest BCUT2D eigenvalue weighted by Gasteiger charge is 2.13. The summed E-state index contributed by atoms with van der Waals surface area (Å²) in [6.45, 7) is 1.22. The molecule has 0 heterocycles. The fraction of sp³-hybridized carbons (Fsp3) is 0.333. The van der Waals surface area contributed by atoms with Crippen molar-refractivity contribution in [1.29, 1.82) is 0 Å². The molecular weight excluding hydrogens is 205 g/mol. The van der Waals surface area contributed by atoms with Crippen molar-refractivity contribution in [2.75, 3.05) is 6.67 Å². The molecule has 0 spiro atoms. The maximum absolute atomic E-state index is 12.1. The van der Waals surface area contributed by atoms with E-state index in [1.165, 1.54) is 6.07 Å². The summed E-state index contributed by atoms with van der Waals surface area (Å²) in [7, 11) is -3.74. The molecule has 1 aromatic rings. The fourth-order valence-electron chi connectivity index (χ4n) is 1.28. The van der Waals surface area contributed by atoms with Crippen LogP contribution in [0.15, 0.2) is 23.1 Å². The van der Waals surface area contributed by atoms with Gasteiger partial charge in [0.15, 0.2) is 0 Å². The van der Waals surface area contributed by atoms with Gasteiger partial charge in [0.25, 0.3) is 0 Å². The SMILES string of the molecule is Cc1ccc(S(N)(=O)=O)c(CCF)c1. The number of nitrogens with two attached hydrogens (primary N) is 1. The van der Waals surface area contributed by atoms with Gasteiger partial charge in [-0.3, -0.25) is 4.39 Å². The van der Waals surface area contributed by atoms with Crippen molar-refractivity contribution in [1.82, 2.24) is 0 Å². The van der Waals surface area contributed by atoms with Gasteiger partial charge in [-0.2, -0.15) is 0 Å². The quantitative estimate of drug-likeness (QED) is 0.825. The monoisotopic (exact) mass is 217 g/mol. The van der Waals surface area contributed by atoms with Crippen LogP contribution < -0.4 is 5.14 Å². The lowest BCUT2D eigenvalue weighted by atomic mass is 10.1. The van der Waals surface area contributed by atoms with Crippen molar-refractivity contribution in [2.24, 2.45) is 5.14 Å². The smallest absolute Gasteiger partial charge is 0.238 e. The molecule has 0 aliphatic carbocycles. The number of hydrogen-bond acceptors (Lipinski definition) is 2. The zero-order chi connectivity index (χ0) is 10.8. The van der Waals surface area contributed by atoms with E-state index in [1.807, 2.05) is 6.92 Å². The number of rotatable bonds is 3. The standard InChI is InChI=1S/C9H12FNO2S/c1-7-2-3-9(14(11,12)13)8(6-7)4-5-10/h2-3,6H,4-5H2,1H3,(H2,11,12,13). The van der Waals surface area contributed by atoms with Gasteiger partial charge in [0, 0.05) is 6.42 Å². The first-order valence-electron chi connectivity index (χ1n) is 4.13. The maximum Gasteiger partial charge on any atom is 0.238 e. The van der Waals surface area contributed by atoms with Crippen LogP contribution >= 0.6 is 0 Å². The summed E-state index contributed by atoms with van der Waals surface area (Å²) in [5.74, 6) is 0. The number of primary sulfonamides is 1. The second kappa shape index (κ2) is 4.06. The Morgan fingerprint density at radius 1 is 1.43 bits per heavy atom. The molecule has 0 aliphatic heterocycles. The molecular formula is C9H12FNO2S. The molecule has 0 unspecified atom stereocenters. The molecule has 3 nitrogen and oxygen atoms in total. The average Bonchev–Trinajstić information content (AvgIpc) is 2.02. The van der Waals surface area contributed by atoms with Crippen molar-refractivity contribution in [3.63, 3.8) is 0 Å². The summed E-state index contributed by atoms with van der Waals surface area (Å²) in [4.78, 5) is 0.0146. The van der Waals surface area contributed by atoms with Gasteiger partial charge in [-0.1, -0.05) is 17.7 Å². The Morgan fingerprint density at radius 2 is 2.07 bits per heavy atom. The Balaban J connectivity index is 3.29. The maximum atomic E-state index is 12.1. The predicted molar refractivity (Wildman–Crippen MR) is 52.2 cm³/mol. The van der Waals surface area contributed by atoms with E-state index in [2.05, 4.69) is 0 Å². The van der Waals surface area contributed by atoms with Crippen molar-refractivity contribution in [3.05, 3.63) is 29.3 Å². The van der Waals surface area contributed by atoms with E-state index in [-0.39, 0.29) is 11.3 Å². The molecule has 0 saturated heterocycles. The van der Waals surface area contributed by atoms with Crippen LogP contribution in [0.1, 0.15) is 11.1 Å². The lowest BCUT2D eigenvalue weighted by molar-refractivity contribution is 0.492. The molecule has 0 fully saturated rings. The van der Waals surface area contributed by atoms with Crippen LogP contribution in [0.2, 0.25) is 0 Å². The third-order valence-corrected chi connectivity index (χ3v) is 2.90. The van der Waals surface area contributed by atoms with Gasteiger partial charge >= 0.3 is 0 Å². The van der Waals surface area contributed by atoms with Gasteiger partial charge in [0.2, 0.25) is 10.0 Å². The van der Waals surface area contributed by atoms with Gasteiger partial charge in [0.05, 0.1) is 11.6 Å². The summed E-state index contributed by atoms with van der Waals surface area (Å²) in [6, 6.07) is 4.69. The number of aryl methyl sites for hydroxylation is 2. The Morgan fingerprint density at radius 3 is 2.57 bits per heavy atom. The third kappa shape index (κ3) is 2.52. The number of benzene rings is 1. The first-order chi connectivity index (χ1) is 6.45. The van der Waals surface area contributed by atoms with Crippen LogP contribution in [0.4, 0.5) is 4.39 Å². The van der Waals surface area contributed by atoms with Gasteiger partial charge in [-0.15, -0.1) is 0 Å². The van der Waals surface area contributed by atoms with Crippen molar-refractivity contribution in [3.8, 4) is 0 Å². The largest absolute Gasteiger partial charge is 0.251 e. The highest BCUT2D eigenvalue weighted by molar-refractivity contribution is 7.89. The van der Waals surface area contributed by atoms with E-state index in [0.717, 1.165) is 5.56 Å². The molecule has 2 N–H and O–H groups in total. The first-order valence-corrected chi connectivity index (χ1v) is 5.68. The van der Waals surface area contributed by atoms with Gasteiger partial charge in [-0.05, 0) is 18.6 Å². The zero-order valence-corrected chi connectivity index (χ0v) is 8.64. The van der Waals surface area contributed by atoms with E-state index in [4.69, 9.17) is 5.14 Å². The van der Waals surface area contributed by atoms with Gasteiger partial charge in [0.1, 0.15) is 0 Å². The molecule has 78 valence electrons. The number of alkyl halides is 1. The van der Waals surface area contributed by atoms with Crippen LogP contribution in [-0.4, -0.2) is 15.1 Å². The first kappa shape index (κ1) is 11.1. The summed E-state index contributed by atoms with van der Waals surface area (Å²) in [6.07, 6.45) is 0.0768. The molecule has 1 aromatic carbocycles. The van der Waals surface area contributed by atoms with E-state index >= 15 is 0 Å². The Hall–Kier alpha value is -0.940. The third-order valence-electron chi connectivity index (χ3n) is 1.89. The minimum absolute atomic E-state index is 0.0146. The fourth-order valence-corrected chi connectivity index (χ4v) is 2.07. The van der Waals surface area contributed by atoms with Crippen LogP contribution in [0, 0.1) is 6.92 Å². The van der Waals surface area contributed by atoms with Crippen molar-refractivity contribution in [2.45, 2.75) is 18.2 Å². The molecule has 0 aliphatic rings. The van der Waals surface area contributed by atoms with E-state index in [1.54, 1.807) is 12.1 Å². The summed E-state index contributed by atoms with van der Waals surface area (Å²) in [5, 5.41) is 4.99. The van der Waals surface area contributed by atoms with Gasteiger partial charge in [-0.25, -0.2) is 13.6 Å². The van der Waals surface area contributed by atoms with E-state index < -0.39 is 16.7 Å². The lowest BCUT2D eigenvalue weighted by Crippen LogP contribution is -2.15. The second-order valence-electron chi connectivity index (χ2n) is 3.10. The lowest BCUT2D eigenvalue weighted by Gasteiger charge is -2.06. The molecule has 0 bridgehead atoms. The average molecular weight is 217 g/mol. The molecule has 0 saturated carbocycles. The summed E-state index contributed by atoms with van der Waals surface area (Å²) >= 11 is 0. The molecule has 14 heavy (non-hydrogen) atoms. The summed E-state index contributed by atoms with van der Waals surface area (Å²) in [5.41, 5.74) is 1.33. The van der Waals surface area contributed by atoms with Crippen LogP contribution in [-0.2, 0) is 16.4 Å². The number of hydrogen-bond donors (Lipinski definition) is 1. The molecule has 0 atom stereocenters. The molecule has 0 aromatic heterocycles. The summed E-state index contributed by atoms with van der Waals surface area (Å²) < 4.78 is 34.3. The zero-order valence-electron chi connectivity index (χ0n) is 7.83. The van der Waals surface area contributed by atoms with E-state index in [0.29, 0.717) is 5.56 Å². The molecule has 0 amide bonds. The normalized spacial score (nSPS) is 11.6. The predicted octanol–water partition coefficient (Wildman–Crippen LogP) is 1.15. The second-order valence-corrected chi connectivity index (χ2v) is 4.63. The highest BCUT2D eigenvalue weighted by Crippen LogP contribution is 2.16. The number of halogens is 1. The van der Waals surface area contributed by atoms with E-state index in [9.17, 15) is 12.8 Å². The van der Waals surface area contributed by atoms with Gasteiger partial charge < -0.3 is 0 Å². The Kier molecular flexibility index (Phi) is 3.23. The topological polar surface area (TPSA) is 60.2 Å². The van der Waals surface area contributed by atoms with Crippen LogP contribution in [0.25, 0.3) is 0 Å². The Bertz CT molecular complexity index is 428. The number of sulfonamides is 1. The minimum atomic E-state index is -3.74. The van der Waals surface area contributed by atoms with Crippen LogP contribution in [0.5, 0.6) is 0 Å². The molecule has 5 heteroatoms. The molecule has 1 rings (SSSR count). The Labute approximate surface area is 82.8 Å². The minimum Gasteiger partial charge on any atom is -0.251 e. The highest BCUT2D eigenvalue weighted by atomic mass is 32.2. The van der Waals surface area contributed by atoms with Crippen LogP contribution in [0.3, 0.4) is 0 Å². The molecule has 0 radical (unpaired) electrons. The van der Waals surface area contributed by atoms with Crippen molar-refractivity contribution < 1.29 is 12.8 Å². The van der Waals surface area contributed by atoms with Crippen molar-refractivity contribution >= 4 is 10.0 Å².